The van der Waals surface area contributed by atoms with Crippen LogP contribution in [0.15, 0.2) is 52.9 Å². The van der Waals surface area contributed by atoms with Gasteiger partial charge in [-0.1, -0.05) is 12.1 Å². The minimum atomic E-state index is -0.289. The van der Waals surface area contributed by atoms with Gasteiger partial charge in [0.25, 0.3) is 0 Å². The Morgan fingerprint density at radius 3 is 2.32 bits per heavy atom. The fraction of sp³-hybridized carbons (Fsp3) is 0.391. The van der Waals surface area contributed by atoms with Crippen molar-refractivity contribution in [2.45, 2.75) is 57.7 Å². The van der Waals surface area contributed by atoms with E-state index < -0.39 is 0 Å². The molecule has 0 unspecified atom stereocenters. The highest BCUT2D eigenvalue weighted by atomic mass is 16.5. The molecule has 0 bridgehead atoms. The van der Waals surface area contributed by atoms with Crippen LogP contribution in [-0.4, -0.2) is 28.1 Å². The fourth-order valence-corrected chi connectivity index (χ4v) is 4.28. The van der Waals surface area contributed by atoms with Crippen LogP contribution in [0.4, 0.5) is 0 Å². The number of fused-ring (bicyclic) bond motifs is 1. The second-order valence-corrected chi connectivity index (χ2v) is 8.89. The van der Waals surface area contributed by atoms with Crippen molar-refractivity contribution in [3.05, 3.63) is 54.1 Å². The Balaban J connectivity index is 1.48. The Morgan fingerprint density at radius 2 is 1.68 bits per heavy atom. The lowest BCUT2D eigenvalue weighted by molar-refractivity contribution is -0.00637. The summed E-state index contributed by atoms with van der Waals surface area (Å²) in [6.45, 7) is 8.57. The normalized spacial score (nSPS) is 18.9. The number of aromatic nitrogens is 1. The number of benzene rings is 2. The zero-order chi connectivity index (χ0) is 19.9. The van der Waals surface area contributed by atoms with Gasteiger partial charge in [0.2, 0.25) is 5.89 Å². The van der Waals surface area contributed by atoms with Crippen molar-refractivity contribution < 1.29 is 13.9 Å². The minimum Gasteiger partial charge on any atom is -0.459 e. The van der Waals surface area contributed by atoms with Gasteiger partial charge in [0.15, 0.2) is 5.58 Å². The average molecular weight is 378 g/mol. The van der Waals surface area contributed by atoms with Crippen LogP contribution in [0, 0.1) is 0 Å². The van der Waals surface area contributed by atoms with Crippen LogP contribution in [0.1, 0.15) is 50.9 Å². The lowest BCUT2D eigenvalue weighted by Gasteiger charge is -2.45. The third kappa shape index (κ3) is 3.94. The van der Waals surface area contributed by atoms with Crippen LogP contribution in [0.5, 0.6) is 0 Å². The van der Waals surface area contributed by atoms with E-state index in [0.29, 0.717) is 11.5 Å². The Labute approximate surface area is 165 Å². The topological polar surface area (TPSA) is 64.4 Å². The molecule has 0 amide bonds. The number of hydrogen-bond acceptors (Lipinski definition) is 5. The van der Waals surface area contributed by atoms with E-state index in [2.05, 4.69) is 38.0 Å². The van der Waals surface area contributed by atoms with Gasteiger partial charge < -0.3 is 14.5 Å². The van der Waals surface area contributed by atoms with Gasteiger partial charge in [-0.05, 0) is 64.1 Å². The van der Waals surface area contributed by atoms with E-state index in [4.69, 9.17) is 9.15 Å². The summed E-state index contributed by atoms with van der Waals surface area (Å²) in [6.07, 6.45) is 1.49. The SMILES string of the molecule is CC1(C)CC(OC(=O)c2ccc(-c3nc4ccccc4o3)cc2)CC(C)(C)N1. The number of rotatable bonds is 3. The monoisotopic (exact) mass is 378 g/mol. The van der Waals surface area contributed by atoms with Crippen molar-refractivity contribution in [3.8, 4) is 11.5 Å². The summed E-state index contributed by atoms with van der Waals surface area (Å²) < 4.78 is 11.6. The van der Waals surface area contributed by atoms with Crippen LogP contribution in [-0.2, 0) is 4.74 Å². The third-order valence-electron chi connectivity index (χ3n) is 5.09. The van der Waals surface area contributed by atoms with Crippen molar-refractivity contribution in [1.82, 2.24) is 10.3 Å². The molecule has 5 heteroatoms. The Bertz CT molecular complexity index is 953. The van der Waals surface area contributed by atoms with Gasteiger partial charge in [-0.3, -0.25) is 0 Å². The smallest absolute Gasteiger partial charge is 0.338 e. The predicted octanol–water partition coefficient (Wildman–Crippen LogP) is 4.96. The van der Waals surface area contributed by atoms with E-state index >= 15 is 0 Å². The highest BCUT2D eigenvalue weighted by Crippen LogP contribution is 2.31. The molecule has 0 atom stereocenters. The first kappa shape index (κ1) is 18.7. The van der Waals surface area contributed by atoms with Gasteiger partial charge >= 0.3 is 5.97 Å². The van der Waals surface area contributed by atoms with E-state index in [9.17, 15) is 4.79 Å². The number of ether oxygens (including phenoxy) is 1. The molecule has 4 rings (SSSR count). The number of nitrogens with one attached hydrogen (secondary N) is 1. The van der Waals surface area contributed by atoms with Crippen LogP contribution in [0.2, 0.25) is 0 Å². The molecule has 0 aliphatic carbocycles. The van der Waals surface area contributed by atoms with Gasteiger partial charge in [0, 0.05) is 29.5 Å². The number of esters is 1. The second-order valence-electron chi connectivity index (χ2n) is 8.89. The molecule has 1 fully saturated rings. The van der Waals surface area contributed by atoms with Crippen LogP contribution in [0.3, 0.4) is 0 Å². The zero-order valence-electron chi connectivity index (χ0n) is 16.8. The molecule has 1 N–H and O–H groups in total. The number of oxazole rings is 1. The van der Waals surface area contributed by atoms with Gasteiger partial charge in [-0.25, -0.2) is 9.78 Å². The molecule has 0 spiro atoms. The largest absolute Gasteiger partial charge is 0.459 e. The van der Waals surface area contributed by atoms with E-state index in [1.54, 1.807) is 12.1 Å². The summed E-state index contributed by atoms with van der Waals surface area (Å²) in [6, 6.07) is 14.9. The first-order valence-electron chi connectivity index (χ1n) is 9.67. The molecule has 0 radical (unpaired) electrons. The van der Waals surface area contributed by atoms with E-state index in [1.165, 1.54) is 0 Å². The van der Waals surface area contributed by atoms with Gasteiger partial charge in [-0.2, -0.15) is 0 Å². The molecule has 146 valence electrons. The summed E-state index contributed by atoms with van der Waals surface area (Å²) in [7, 11) is 0. The van der Waals surface area contributed by atoms with E-state index in [0.717, 1.165) is 29.5 Å². The van der Waals surface area contributed by atoms with E-state index in [1.807, 2.05) is 36.4 Å². The van der Waals surface area contributed by atoms with Crippen molar-refractivity contribution >= 4 is 17.1 Å². The summed E-state index contributed by atoms with van der Waals surface area (Å²) in [5.41, 5.74) is 2.80. The van der Waals surface area contributed by atoms with Crippen LogP contribution >= 0.6 is 0 Å². The molecule has 3 aromatic rings. The number of piperidine rings is 1. The molecule has 1 aliphatic rings. The fourth-order valence-electron chi connectivity index (χ4n) is 4.28. The van der Waals surface area contributed by atoms with Gasteiger partial charge in [0.05, 0.1) is 5.56 Å². The summed E-state index contributed by atoms with van der Waals surface area (Å²) in [5.74, 6) is 0.255. The Hall–Kier alpha value is -2.66. The van der Waals surface area contributed by atoms with Crippen molar-refractivity contribution in [1.29, 1.82) is 0 Å². The Morgan fingerprint density at radius 1 is 1.04 bits per heavy atom. The molecular formula is C23H26N2O3. The second kappa shape index (κ2) is 6.74. The zero-order valence-corrected chi connectivity index (χ0v) is 16.8. The Kier molecular flexibility index (Phi) is 4.50. The predicted molar refractivity (Wildman–Crippen MR) is 109 cm³/mol. The maximum atomic E-state index is 12.6. The lowest BCUT2D eigenvalue weighted by Crippen LogP contribution is -2.59. The highest BCUT2D eigenvalue weighted by molar-refractivity contribution is 5.90. The molecule has 2 heterocycles. The number of nitrogens with zero attached hydrogens (tertiary/aromatic N) is 1. The summed E-state index contributed by atoms with van der Waals surface area (Å²) >= 11 is 0. The quantitative estimate of drug-likeness (QED) is 0.653. The average Bonchev–Trinajstić information content (AvgIpc) is 3.03. The van der Waals surface area contributed by atoms with E-state index in [-0.39, 0.29) is 23.2 Å². The summed E-state index contributed by atoms with van der Waals surface area (Å²) in [4.78, 5) is 17.1. The lowest BCUT2D eigenvalue weighted by atomic mass is 9.81. The number of para-hydroxylation sites is 2. The number of carbonyl (C=O) groups excluding carboxylic acids is 1. The van der Waals surface area contributed by atoms with Crippen molar-refractivity contribution in [2.75, 3.05) is 0 Å². The maximum Gasteiger partial charge on any atom is 0.338 e. The van der Waals surface area contributed by atoms with Crippen LogP contribution in [0.25, 0.3) is 22.6 Å². The maximum absolute atomic E-state index is 12.6. The molecule has 5 nitrogen and oxygen atoms in total. The molecule has 2 aromatic carbocycles. The van der Waals surface area contributed by atoms with Gasteiger partial charge in [0.1, 0.15) is 11.6 Å². The number of hydrogen-bond donors (Lipinski definition) is 1. The summed E-state index contributed by atoms with van der Waals surface area (Å²) in [5, 5.41) is 3.60. The van der Waals surface area contributed by atoms with Gasteiger partial charge in [-0.15, -0.1) is 0 Å². The molecule has 1 aromatic heterocycles. The minimum absolute atomic E-state index is 0.0660. The first-order valence-corrected chi connectivity index (χ1v) is 9.67. The highest BCUT2D eigenvalue weighted by Gasteiger charge is 2.39. The standard InChI is InChI=1S/C23H26N2O3/c1-22(2)13-17(14-23(3,4)25-22)27-21(26)16-11-9-15(10-12-16)20-24-18-7-5-6-8-19(18)28-20/h5-12,17,25H,13-14H2,1-4H3. The first-order chi connectivity index (χ1) is 13.2. The molecule has 0 saturated carbocycles. The third-order valence-corrected chi connectivity index (χ3v) is 5.09. The van der Waals surface area contributed by atoms with Crippen LogP contribution < -0.4 is 5.32 Å². The molecule has 1 aliphatic heterocycles. The molecular weight excluding hydrogens is 352 g/mol. The van der Waals surface area contributed by atoms with Crippen molar-refractivity contribution in [3.63, 3.8) is 0 Å². The molecule has 28 heavy (non-hydrogen) atoms. The number of carbonyl (C=O) groups is 1. The molecule has 1 saturated heterocycles. The van der Waals surface area contributed by atoms with Crippen molar-refractivity contribution in [2.24, 2.45) is 0 Å².